The van der Waals surface area contributed by atoms with Gasteiger partial charge in [-0.3, -0.25) is 9.59 Å². The van der Waals surface area contributed by atoms with Crippen LogP contribution in [-0.2, 0) is 0 Å². The predicted octanol–water partition coefficient (Wildman–Crippen LogP) is 3.20. The second-order valence-electron chi connectivity index (χ2n) is 6.41. The number of carbonyl (C=O) groups is 2. The molecule has 7 nitrogen and oxygen atoms in total. The molecule has 0 bridgehead atoms. The zero-order valence-electron chi connectivity index (χ0n) is 16.3. The number of nitrogens with zero attached hydrogens (tertiary/aromatic N) is 1. The molecule has 0 spiro atoms. The van der Waals surface area contributed by atoms with Crippen molar-refractivity contribution in [3.8, 4) is 17.2 Å². The fourth-order valence-corrected chi connectivity index (χ4v) is 3.28. The number of para-hydroxylation sites is 1. The number of likely N-dealkylation sites (tertiary alicyclic amines) is 1. The molecular weight excluding hydrogens is 360 g/mol. The number of carbonyl (C=O) groups excluding carboxylic acids is 2. The molecule has 2 aromatic carbocycles. The molecule has 1 heterocycles. The van der Waals surface area contributed by atoms with Crippen LogP contribution < -0.4 is 19.5 Å². The van der Waals surface area contributed by atoms with Gasteiger partial charge in [-0.05, 0) is 37.1 Å². The second-order valence-corrected chi connectivity index (χ2v) is 6.41. The number of methoxy groups -OCH3 is 3. The van der Waals surface area contributed by atoms with Gasteiger partial charge in [-0.1, -0.05) is 12.1 Å². The monoisotopic (exact) mass is 384 g/mol. The first-order valence-corrected chi connectivity index (χ1v) is 9.08. The molecule has 0 aliphatic carbocycles. The standard InChI is InChI=1S/C21H24N2O5/c1-26-17-12-14(13-18(27-2)19(17)28-3)20(24)22-16-9-5-4-8-15(16)21(25)23-10-6-7-11-23/h4-5,8-9,12-13H,6-7,10-11H2,1-3H3,(H,22,24). The van der Waals surface area contributed by atoms with Crippen LogP contribution in [0.25, 0.3) is 0 Å². The molecule has 3 rings (SSSR count). The summed E-state index contributed by atoms with van der Waals surface area (Å²) in [5.41, 5.74) is 1.28. The van der Waals surface area contributed by atoms with E-state index in [9.17, 15) is 9.59 Å². The third-order valence-electron chi connectivity index (χ3n) is 4.73. The summed E-state index contributed by atoms with van der Waals surface area (Å²) in [5.74, 6) is 0.729. The van der Waals surface area contributed by atoms with Gasteiger partial charge >= 0.3 is 0 Å². The molecule has 0 aromatic heterocycles. The van der Waals surface area contributed by atoms with Crippen molar-refractivity contribution in [3.05, 3.63) is 47.5 Å². The Morgan fingerprint density at radius 2 is 1.54 bits per heavy atom. The Morgan fingerprint density at radius 3 is 2.11 bits per heavy atom. The van der Waals surface area contributed by atoms with Gasteiger partial charge in [-0.15, -0.1) is 0 Å². The summed E-state index contributed by atoms with van der Waals surface area (Å²) in [4.78, 5) is 27.5. The van der Waals surface area contributed by atoms with E-state index in [-0.39, 0.29) is 11.8 Å². The summed E-state index contributed by atoms with van der Waals surface area (Å²) in [7, 11) is 4.48. The van der Waals surface area contributed by atoms with Gasteiger partial charge in [0.1, 0.15) is 0 Å². The van der Waals surface area contributed by atoms with E-state index in [1.165, 1.54) is 21.3 Å². The molecule has 0 saturated carbocycles. The average molecular weight is 384 g/mol. The van der Waals surface area contributed by atoms with E-state index in [0.717, 1.165) is 25.9 Å². The van der Waals surface area contributed by atoms with E-state index >= 15 is 0 Å². The highest BCUT2D eigenvalue weighted by Crippen LogP contribution is 2.38. The minimum atomic E-state index is -0.374. The van der Waals surface area contributed by atoms with E-state index in [4.69, 9.17) is 14.2 Å². The Bertz CT molecular complexity index is 850. The lowest BCUT2D eigenvalue weighted by Crippen LogP contribution is -2.28. The maximum atomic E-state index is 12.9. The molecule has 0 atom stereocenters. The van der Waals surface area contributed by atoms with Gasteiger partial charge in [0.05, 0.1) is 32.6 Å². The molecule has 7 heteroatoms. The Kier molecular flexibility index (Phi) is 6.03. The third kappa shape index (κ3) is 3.88. The van der Waals surface area contributed by atoms with E-state index in [1.54, 1.807) is 36.4 Å². The molecule has 2 amide bonds. The normalized spacial score (nSPS) is 13.2. The van der Waals surface area contributed by atoms with Crippen molar-refractivity contribution >= 4 is 17.5 Å². The summed E-state index contributed by atoms with van der Waals surface area (Å²) in [5, 5.41) is 2.83. The molecule has 1 N–H and O–H groups in total. The lowest BCUT2D eigenvalue weighted by molar-refractivity contribution is 0.0794. The van der Waals surface area contributed by atoms with Gasteiger partial charge in [-0.25, -0.2) is 0 Å². The molecule has 0 radical (unpaired) electrons. The lowest BCUT2D eigenvalue weighted by Gasteiger charge is -2.18. The van der Waals surface area contributed by atoms with Crippen molar-refractivity contribution in [3.63, 3.8) is 0 Å². The number of amides is 2. The highest BCUT2D eigenvalue weighted by molar-refractivity contribution is 6.09. The molecule has 2 aromatic rings. The number of benzene rings is 2. The zero-order valence-corrected chi connectivity index (χ0v) is 16.3. The summed E-state index contributed by atoms with van der Waals surface area (Å²) in [6.45, 7) is 1.49. The van der Waals surface area contributed by atoms with Crippen LogP contribution in [0.5, 0.6) is 17.2 Å². The first-order valence-electron chi connectivity index (χ1n) is 9.08. The second kappa shape index (κ2) is 8.65. The van der Waals surface area contributed by atoms with Crippen LogP contribution in [0.1, 0.15) is 33.6 Å². The van der Waals surface area contributed by atoms with Crippen LogP contribution in [0.3, 0.4) is 0 Å². The maximum absolute atomic E-state index is 12.9. The van der Waals surface area contributed by atoms with Crippen LogP contribution in [0.15, 0.2) is 36.4 Å². The SMILES string of the molecule is COc1cc(C(=O)Nc2ccccc2C(=O)N2CCCC2)cc(OC)c1OC. The maximum Gasteiger partial charge on any atom is 0.255 e. The number of hydrogen-bond acceptors (Lipinski definition) is 5. The van der Waals surface area contributed by atoms with Crippen molar-refractivity contribution in [1.29, 1.82) is 0 Å². The van der Waals surface area contributed by atoms with Crippen molar-refractivity contribution < 1.29 is 23.8 Å². The fraction of sp³-hybridized carbons (Fsp3) is 0.333. The number of rotatable bonds is 6. The topological polar surface area (TPSA) is 77.1 Å². The molecule has 1 aliphatic rings. The number of ether oxygens (including phenoxy) is 3. The molecule has 1 aliphatic heterocycles. The van der Waals surface area contributed by atoms with Crippen molar-refractivity contribution in [2.24, 2.45) is 0 Å². The molecule has 0 unspecified atom stereocenters. The van der Waals surface area contributed by atoms with E-state index in [2.05, 4.69) is 5.32 Å². The van der Waals surface area contributed by atoms with Crippen LogP contribution in [0, 0.1) is 0 Å². The average Bonchev–Trinajstić information content (AvgIpc) is 3.27. The van der Waals surface area contributed by atoms with E-state index in [1.807, 2.05) is 4.90 Å². The Morgan fingerprint density at radius 1 is 0.929 bits per heavy atom. The van der Waals surface area contributed by atoms with Gasteiger partial charge in [0.15, 0.2) is 11.5 Å². The quantitative estimate of drug-likeness (QED) is 0.828. The van der Waals surface area contributed by atoms with Gasteiger partial charge < -0.3 is 24.4 Å². The minimum Gasteiger partial charge on any atom is -0.493 e. The van der Waals surface area contributed by atoms with E-state index in [0.29, 0.717) is 34.1 Å². The minimum absolute atomic E-state index is 0.0710. The van der Waals surface area contributed by atoms with Crippen molar-refractivity contribution in [2.45, 2.75) is 12.8 Å². The highest BCUT2D eigenvalue weighted by Gasteiger charge is 2.23. The zero-order chi connectivity index (χ0) is 20.1. The lowest BCUT2D eigenvalue weighted by atomic mass is 10.1. The van der Waals surface area contributed by atoms with Crippen LogP contribution in [0.2, 0.25) is 0 Å². The summed E-state index contributed by atoms with van der Waals surface area (Å²) >= 11 is 0. The van der Waals surface area contributed by atoms with Gasteiger partial charge in [0, 0.05) is 18.7 Å². The third-order valence-corrected chi connectivity index (χ3v) is 4.73. The largest absolute Gasteiger partial charge is 0.493 e. The molecule has 28 heavy (non-hydrogen) atoms. The van der Waals surface area contributed by atoms with Gasteiger partial charge in [0.25, 0.3) is 11.8 Å². The fourth-order valence-electron chi connectivity index (χ4n) is 3.28. The Hall–Kier alpha value is -3.22. The highest BCUT2D eigenvalue weighted by atomic mass is 16.5. The van der Waals surface area contributed by atoms with Crippen LogP contribution in [-0.4, -0.2) is 51.1 Å². The number of nitrogens with one attached hydrogen (secondary N) is 1. The molecule has 1 fully saturated rings. The summed E-state index contributed by atoms with van der Waals surface area (Å²) in [6, 6.07) is 10.2. The summed E-state index contributed by atoms with van der Waals surface area (Å²) in [6.07, 6.45) is 2.01. The molecule has 1 saturated heterocycles. The first kappa shape index (κ1) is 19.5. The van der Waals surface area contributed by atoms with Crippen LogP contribution in [0.4, 0.5) is 5.69 Å². The smallest absolute Gasteiger partial charge is 0.255 e. The van der Waals surface area contributed by atoms with Crippen molar-refractivity contribution in [2.75, 3.05) is 39.7 Å². The van der Waals surface area contributed by atoms with Crippen LogP contribution >= 0.6 is 0 Å². The van der Waals surface area contributed by atoms with E-state index < -0.39 is 0 Å². The number of anilines is 1. The van der Waals surface area contributed by atoms with Gasteiger partial charge in [-0.2, -0.15) is 0 Å². The number of hydrogen-bond donors (Lipinski definition) is 1. The van der Waals surface area contributed by atoms with Crippen molar-refractivity contribution in [1.82, 2.24) is 4.90 Å². The Balaban J connectivity index is 1.89. The first-order chi connectivity index (χ1) is 13.6. The predicted molar refractivity (Wildman–Crippen MR) is 106 cm³/mol. The molecular formula is C21H24N2O5. The van der Waals surface area contributed by atoms with Gasteiger partial charge in [0.2, 0.25) is 5.75 Å². The molecule has 148 valence electrons. The summed E-state index contributed by atoms with van der Waals surface area (Å²) < 4.78 is 15.9. The Labute approximate surface area is 164 Å².